The molecule has 0 heterocycles. The predicted octanol–water partition coefficient (Wildman–Crippen LogP) is 3.10. The summed E-state index contributed by atoms with van der Waals surface area (Å²) >= 11 is 11.7. The van der Waals surface area contributed by atoms with Crippen molar-refractivity contribution in [2.75, 3.05) is 6.54 Å². The van der Waals surface area contributed by atoms with Crippen LogP contribution in [0.2, 0.25) is 10.0 Å². The number of carbonyl (C=O) groups is 1. The molecule has 3 nitrogen and oxygen atoms in total. The van der Waals surface area contributed by atoms with Crippen LogP contribution in [0.25, 0.3) is 0 Å². The summed E-state index contributed by atoms with van der Waals surface area (Å²) in [6, 6.07) is 4.79. The molecule has 0 aromatic heterocycles. The Bertz CT molecular complexity index is 421. The standard InChI is InChI=1S/C13H18Cl2N2O/c1-8(2)5-10(7-16)17-13(18)9-3-4-11(14)12(15)6-9/h3-4,6,8,10H,5,7,16H2,1-2H3,(H,17,18). The maximum atomic E-state index is 12.0. The van der Waals surface area contributed by atoms with E-state index < -0.39 is 0 Å². The van der Waals surface area contributed by atoms with Crippen LogP contribution >= 0.6 is 23.2 Å². The summed E-state index contributed by atoms with van der Waals surface area (Å²) in [5, 5.41) is 3.70. The van der Waals surface area contributed by atoms with Crippen LogP contribution in [-0.4, -0.2) is 18.5 Å². The smallest absolute Gasteiger partial charge is 0.251 e. The van der Waals surface area contributed by atoms with Gasteiger partial charge in [0.15, 0.2) is 0 Å². The van der Waals surface area contributed by atoms with Gasteiger partial charge in [0.1, 0.15) is 0 Å². The lowest BCUT2D eigenvalue weighted by Crippen LogP contribution is -2.41. The molecule has 0 saturated carbocycles. The van der Waals surface area contributed by atoms with E-state index in [-0.39, 0.29) is 11.9 Å². The maximum Gasteiger partial charge on any atom is 0.251 e. The summed E-state index contributed by atoms with van der Waals surface area (Å²) in [4.78, 5) is 12.0. The summed E-state index contributed by atoms with van der Waals surface area (Å²) < 4.78 is 0. The molecule has 100 valence electrons. The van der Waals surface area contributed by atoms with Crippen molar-refractivity contribution in [1.82, 2.24) is 5.32 Å². The van der Waals surface area contributed by atoms with Gasteiger partial charge in [-0.25, -0.2) is 0 Å². The van der Waals surface area contributed by atoms with Crippen LogP contribution in [0.15, 0.2) is 18.2 Å². The summed E-state index contributed by atoms with van der Waals surface area (Å²) in [7, 11) is 0. The number of hydrogen-bond acceptors (Lipinski definition) is 2. The minimum atomic E-state index is -0.176. The first kappa shape index (κ1) is 15.3. The zero-order valence-corrected chi connectivity index (χ0v) is 12.1. The predicted molar refractivity (Wildman–Crippen MR) is 76.2 cm³/mol. The van der Waals surface area contributed by atoms with Gasteiger partial charge in [-0.1, -0.05) is 37.0 Å². The number of rotatable bonds is 5. The van der Waals surface area contributed by atoms with Gasteiger partial charge in [0, 0.05) is 18.2 Å². The number of amides is 1. The van der Waals surface area contributed by atoms with Crippen molar-refractivity contribution >= 4 is 29.1 Å². The lowest BCUT2D eigenvalue weighted by molar-refractivity contribution is 0.0934. The number of hydrogen-bond donors (Lipinski definition) is 2. The van der Waals surface area contributed by atoms with Crippen molar-refractivity contribution in [2.45, 2.75) is 26.3 Å². The molecular weight excluding hydrogens is 271 g/mol. The van der Waals surface area contributed by atoms with Gasteiger partial charge in [-0.3, -0.25) is 4.79 Å². The van der Waals surface area contributed by atoms with Gasteiger partial charge in [-0.2, -0.15) is 0 Å². The Morgan fingerprint density at radius 3 is 2.50 bits per heavy atom. The molecule has 0 saturated heterocycles. The molecular formula is C13H18Cl2N2O. The average molecular weight is 289 g/mol. The minimum absolute atomic E-state index is 0.0213. The highest BCUT2D eigenvalue weighted by molar-refractivity contribution is 6.42. The first-order valence-corrected chi connectivity index (χ1v) is 6.65. The third-order valence-electron chi connectivity index (χ3n) is 2.56. The van der Waals surface area contributed by atoms with Crippen molar-refractivity contribution in [1.29, 1.82) is 0 Å². The van der Waals surface area contributed by atoms with E-state index >= 15 is 0 Å². The molecule has 0 bridgehead atoms. The fourth-order valence-electron chi connectivity index (χ4n) is 1.69. The van der Waals surface area contributed by atoms with Crippen molar-refractivity contribution < 1.29 is 4.79 Å². The van der Waals surface area contributed by atoms with E-state index in [2.05, 4.69) is 19.2 Å². The molecule has 0 spiro atoms. The van der Waals surface area contributed by atoms with Crippen molar-refractivity contribution in [3.63, 3.8) is 0 Å². The van der Waals surface area contributed by atoms with Crippen LogP contribution in [0.5, 0.6) is 0 Å². The van der Waals surface area contributed by atoms with Gasteiger partial charge >= 0.3 is 0 Å². The highest BCUT2D eigenvalue weighted by Crippen LogP contribution is 2.22. The molecule has 1 amide bonds. The van der Waals surface area contributed by atoms with E-state index in [4.69, 9.17) is 28.9 Å². The van der Waals surface area contributed by atoms with Crippen LogP contribution in [0.3, 0.4) is 0 Å². The molecule has 1 atom stereocenters. The van der Waals surface area contributed by atoms with Crippen LogP contribution in [0.1, 0.15) is 30.6 Å². The number of carbonyl (C=O) groups excluding carboxylic acids is 1. The first-order valence-electron chi connectivity index (χ1n) is 5.90. The van der Waals surface area contributed by atoms with Crippen LogP contribution in [-0.2, 0) is 0 Å². The number of nitrogens with one attached hydrogen (secondary N) is 1. The highest BCUT2D eigenvalue weighted by atomic mass is 35.5. The number of benzene rings is 1. The third-order valence-corrected chi connectivity index (χ3v) is 3.30. The molecule has 3 N–H and O–H groups in total. The monoisotopic (exact) mass is 288 g/mol. The second-order valence-corrected chi connectivity index (χ2v) is 5.48. The van der Waals surface area contributed by atoms with Crippen LogP contribution < -0.4 is 11.1 Å². The minimum Gasteiger partial charge on any atom is -0.348 e. The Labute approximate surface area is 118 Å². The first-order chi connectivity index (χ1) is 8.43. The summed E-state index contributed by atoms with van der Waals surface area (Å²) in [5.41, 5.74) is 6.13. The maximum absolute atomic E-state index is 12.0. The van der Waals surface area contributed by atoms with E-state index in [0.717, 1.165) is 6.42 Å². The molecule has 1 unspecified atom stereocenters. The fourth-order valence-corrected chi connectivity index (χ4v) is 1.99. The lowest BCUT2D eigenvalue weighted by atomic mass is 10.0. The van der Waals surface area contributed by atoms with Crippen LogP contribution in [0.4, 0.5) is 0 Å². The molecule has 0 aliphatic heterocycles. The Kier molecular flexibility index (Phi) is 5.93. The topological polar surface area (TPSA) is 55.1 Å². The van der Waals surface area contributed by atoms with Crippen molar-refractivity contribution in [3.05, 3.63) is 33.8 Å². The average Bonchev–Trinajstić information content (AvgIpc) is 2.31. The normalized spacial score (nSPS) is 12.6. The molecule has 18 heavy (non-hydrogen) atoms. The van der Waals surface area contributed by atoms with Crippen LogP contribution in [0, 0.1) is 5.92 Å². The summed E-state index contributed by atoms with van der Waals surface area (Å²) in [5.74, 6) is 0.303. The van der Waals surface area contributed by atoms with Crippen molar-refractivity contribution in [2.24, 2.45) is 11.7 Å². The molecule has 1 rings (SSSR count). The Hall–Kier alpha value is -0.770. The number of nitrogens with two attached hydrogens (primary N) is 1. The molecule has 0 aliphatic carbocycles. The molecule has 1 aromatic rings. The zero-order valence-electron chi connectivity index (χ0n) is 10.5. The number of halogens is 2. The summed E-state index contributed by atoms with van der Waals surface area (Å²) in [6.45, 7) is 4.60. The van der Waals surface area contributed by atoms with E-state index in [1.54, 1.807) is 18.2 Å². The van der Waals surface area contributed by atoms with Gasteiger partial charge < -0.3 is 11.1 Å². The third kappa shape index (κ3) is 4.48. The molecule has 0 fully saturated rings. The van der Waals surface area contributed by atoms with E-state index in [1.165, 1.54) is 0 Å². The second-order valence-electron chi connectivity index (χ2n) is 4.66. The van der Waals surface area contributed by atoms with E-state index in [0.29, 0.717) is 28.1 Å². The molecule has 1 aromatic carbocycles. The summed E-state index contributed by atoms with van der Waals surface area (Å²) in [6.07, 6.45) is 0.851. The van der Waals surface area contributed by atoms with E-state index in [1.807, 2.05) is 0 Å². The second kappa shape index (κ2) is 6.98. The largest absolute Gasteiger partial charge is 0.348 e. The van der Waals surface area contributed by atoms with Crippen molar-refractivity contribution in [3.8, 4) is 0 Å². The quantitative estimate of drug-likeness (QED) is 0.875. The Morgan fingerprint density at radius 1 is 1.33 bits per heavy atom. The van der Waals surface area contributed by atoms with Gasteiger partial charge in [0.2, 0.25) is 0 Å². The van der Waals surface area contributed by atoms with Gasteiger partial charge in [-0.05, 0) is 30.5 Å². The molecule has 0 aliphatic rings. The highest BCUT2D eigenvalue weighted by Gasteiger charge is 2.14. The van der Waals surface area contributed by atoms with Gasteiger partial charge in [-0.15, -0.1) is 0 Å². The van der Waals surface area contributed by atoms with Gasteiger partial charge in [0.25, 0.3) is 5.91 Å². The SMILES string of the molecule is CC(C)CC(CN)NC(=O)c1ccc(Cl)c(Cl)c1. The Morgan fingerprint density at radius 2 is 2.00 bits per heavy atom. The lowest BCUT2D eigenvalue weighted by Gasteiger charge is -2.18. The van der Waals surface area contributed by atoms with E-state index in [9.17, 15) is 4.79 Å². The van der Waals surface area contributed by atoms with Gasteiger partial charge in [0.05, 0.1) is 10.0 Å². The fraction of sp³-hybridized carbons (Fsp3) is 0.462. The molecule has 5 heteroatoms. The Balaban J connectivity index is 2.71. The zero-order chi connectivity index (χ0) is 13.7. The molecule has 0 radical (unpaired) electrons.